The molecule has 0 fully saturated rings. The number of furan rings is 1. The van der Waals surface area contributed by atoms with Gasteiger partial charge < -0.3 is 19.4 Å². The van der Waals surface area contributed by atoms with Gasteiger partial charge in [-0.3, -0.25) is 9.59 Å². The van der Waals surface area contributed by atoms with Gasteiger partial charge in [0.2, 0.25) is 0 Å². The van der Waals surface area contributed by atoms with Crippen molar-refractivity contribution < 1.29 is 18.7 Å². The van der Waals surface area contributed by atoms with Crippen LogP contribution in [0.3, 0.4) is 0 Å². The number of benzene rings is 2. The minimum absolute atomic E-state index is 0.169. The number of nitrogens with zero attached hydrogens (tertiary/aromatic N) is 1. The van der Waals surface area contributed by atoms with Gasteiger partial charge in [0, 0.05) is 21.8 Å². The topological polar surface area (TPSA) is 71.8 Å². The number of nitrogens with one attached hydrogen (secondary N) is 1. The summed E-state index contributed by atoms with van der Waals surface area (Å²) in [4.78, 5) is 28.8. The number of carbonyl (C=O) groups is 2. The van der Waals surface area contributed by atoms with Gasteiger partial charge in [-0.05, 0) is 72.5 Å². The fourth-order valence-corrected chi connectivity index (χ4v) is 3.93. The Morgan fingerprint density at radius 2 is 1.88 bits per heavy atom. The zero-order valence-corrected chi connectivity index (χ0v) is 18.5. The number of aryl methyl sites for hydroxylation is 1. The minimum atomic E-state index is -0.367. The van der Waals surface area contributed by atoms with Crippen molar-refractivity contribution in [2.45, 2.75) is 13.5 Å². The molecule has 0 saturated carbocycles. The van der Waals surface area contributed by atoms with E-state index in [-0.39, 0.29) is 17.6 Å². The van der Waals surface area contributed by atoms with Crippen LogP contribution in [-0.4, -0.2) is 18.9 Å². The van der Waals surface area contributed by atoms with Gasteiger partial charge in [-0.25, -0.2) is 0 Å². The third-order valence-corrected chi connectivity index (χ3v) is 5.86. The van der Waals surface area contributed by atoms with Gasteiger partial charge in [0.05, 0.1) is 19.9 Å². The van der Waals surface area contributed by atoms with Gasteiger partial charge in [-0.15, -0.1) is 11.3 Å². The summed E-state index contributed by atoms with van der Waals surface area (Å²) >= 11 is 1.59. The second kappa shape index (κ2) is 9.53. The highest BCUT2D eigenvalue weighted by Gasteiger charge is 2.20. The van der Waals surface area contributed by atoms with E-state index in [1.165, 1.54) is 6.26 Å². The van der Waals surface area contributed by atoms with Crippen molar-refractivity contribution in [1.29, 1.82) is 0 Å². The number of anilines is 2. The maximum absolute atomic E-state index is 13.6. The van der Waals surface area contributed by atoms with E-state index in [4.69, 9.17) is 9.15 Å². The van der Waals surface area contributed by atoms with Crippen LogP contribution in [0.15, 0.2) is 82.8 Å². The molecule has 0 aliphatic rings. The van der Waals surface area contributed by atoms with Crippen molar-refractivity contribution in [3.8, 4) is 5.75 Å². The Kier molecular flexibility index (Phi) is 6.37. The zero-order chi connectivity index (χ0) is 22.5. The maximum atomic E-state index is 13.6. The van der Waals surface area contributed by atoms with E-state index < -0.39 is 0 Å². The van der Waals surface area contributed by atoms with Crippen molar-refractivity contribution in [2.24, 2.45) is 0 Å². The third-order valence-electron chi connectivity index (χ3n) is 5.00. The van der Waals surface area contributed by atoms with Gasteiger partial charge in [-0.1, -0.05) is 12.1 Å². The van der Waals surface area contributed by atoms with E-state index in [0.29, 0.717) is 17.8 Å². The van der Waals surface area contributed by atoms with E-state index in [2.05, 4.69) is 5.32 Å². The highest BCUT2D eigenvalue weighted by atomic mass is 32.1. The number of rotatable bonds is 7. The third kappa shape index (κ3) is 4.73. The molecule has 4 aromatic rings. The van der Waals surface area contributed by atoms with Crippen LogP contribution in [-0.2, 0) is 6.54 Å². The first kappa shape index (κ1) is 21.4. The molecule has 6 nitrogen and oxygen atoms in total. The van der Waals surface area contributed by atoms with Gasteiger partial charge in [0.1, 0.15) is 5.75 Å². The van der Waals surface area contributed by atoms with E-state index >= 15 is 0 Å². The Bertz CT molecular complexity index is 1200. The largest absolute Gasteiger partial charge is 0.497 e. The fraction of sp³-hybridized carbons (Fsp3) is 0.120. The molecule has 7 heteroatoms. The molecule has 0 radical (unpaired) electrons. The van der Waals surface area contributed by atoms with Crippen molar-refractivity contribution >= 4 is 34.5 Å². The molecule has 4 rings (SSSR count). The molecule has 2 aromatic carbocycles. The Morgan fingerprint density at radius 1 is 1.06 bits per heavy atom. The highest BCUT2D eigenvalue weighted by molar-refractivity contribution is 7.09. The molecular weight excluding hydrogens is 424 g/mol. The standard InChI is InChI=1S/C25H22N2O4S/c1-17-7-8-18(15-22(17)26-24(28)23-6-3-13-31-23)25(29)27(16-21-5-4-14-32-21)19-9-11-20(30-2)12-10-19/h3-15H,16H2,1-2H3,(H,26,28). The van der Waals surface area contributed by atoms with Crippen molar-refractivity contribution in [2.75, 3.05) is 17.3 Å². The number of thiophene rings is 1. The van der Waals surface area contributed by atoms with Crippen LogP contribution in [0.1, 0.15) is 31.4 Å². The molecule has 2 aromatic heterocycles. The predicted molar refractivity (Wildman–Crippen MR) is 126 cm³/mol. The first-order valence-corrected chi connectivity index (χ1v) is 10.9. The molecule has 0 bridgehead atoms. The van der Waals surface area contributed by atoms with Crippen LogP contribution in [0, 0.1) is 6.92 Å². The van der Waals surface area contributed by atoms with Crippen molar-refractivity contribution in [3.05, 3.63) is 100 Å². The second-order valence-corrected chi connectivity index (χ2v) is 8.16. The van der Waals surface area contributed by atoms with Crippen LogP contribution in [0.2, 0.25) is 0 Å². The lowest BCUT2D eigenvalue weighted by Gasteiger charge is -2.23. The summed E-state index contributed by atoms with van der Waals surface area (Å²) in [5.41, 5.74) is 2.63. The summed E-state index contributed by atoms with van der Waals surface area (Å²) in [6.07, 6.45) is 1.44. The van der Waals surface area contributed by atoms with Crippen molar-refractivity contribution in [1.82, 2.24) is 0 Å². The summed E-state index contributed by atoms with van der Waals surface area (Å²) in [5.74, 6) is 0.388. The molecule has 0 unspecified atom stereocenters. The molecule has 162 valence electrons. The Morgan fingerprint density at radius 3 is 2.53 bits per heavy atom. The Labute approximate surface area is 190 Å². The minimum Gasteiger partial charge on any atom is -0.497 e. The summed E-state index contributed by atoms with van der Waals surface area (Å²) < 4.78 is 10.4. The lowest BCUT2D eigenvalue weighted by molar-refractivity contribution is 0.0979. The van der Waals surface area contributed by atoms with Gasteiger partial charge in [0.25, 0.3) is 11.8 Å². The number of amides is 2. The molecule has 0 aliphatic heterocycles. The molecule has 0 atom stereocenters. The molecule has 2 heterocycles. The molecule has 32 heavy (non-hydrogen) atoms. The number of ether oxygens (including phenoxy) is 1. The van der Waals surface area contributed by atoms with E-state index in [0.717, 1.165) is 21.9 Å². The number of hydrogen-bond acceptors (Lipinski definition) is 5. The lowest BCUT2D eigenvalue weighted by Crippen LogP contribution is -2.30. The monoisotopic (exact) mass is 446 g/mol. The first-order valence-electron chi connectivity index (χ1n) is 9.99. The molecule has 0 spiro atoms. The predicted octanol–water partition coefficient (Wildman–Crippen LogP) is 5.76. The average Bonchev–Trinajstić information content (AvgIpc) is 3.53. The fourth-order valence-electron chi connectivity index (χ4n) is 3.24. The average molecular weight is 447 g/mol. The molecule has 0 aliphatic carbocycles. The maximum Gasteiger partial charge on any atom is 0.291 e. The quantitative estimate of drug-likeness (QED) is 0.392. The van der Waals surface area contributed by atoms with Crippen LogP contribution in [0.25, 0.3) is 0 Å². The van der Waals surface area contributed by atoms with Crippen LogP contribution < -0.4 is 15.0 Å². The number of methoxy groups -OCH3 is 1. The van der Waals surface area contributed by atoms with Gasteiger partial charge >= 0.3 is 0 Å². The Hall–Kier alpha value is -3.84. The first-order chi connectivity index (χ1) is 15.5. The summed E-state index contributed by atoms with van der Waals surface area (Å²) in [6, 6.07) is 19.9. The molecule has 1 N–H and O–H groups in total. The second-order valence-electron chi connectivity index (χ2n) is 7.13. The van der Waals surface area contributed by atoms with E-state index in [1.54, 1.807) is 47.6 Å². The molecule has 2 amide bonds. The summed E-state index contributed by atoms with van der Waals surface area (Å²) in [7, 11) is 1.61. The van der Waals surface area contributed by atoms with Gasteiger partial charge in [-0.2, -0.15) is 0 Å². The van der Waals surface area contributed by atoms with Gasteiger partial charge in [0.15, 0.2) is 5.76 Å². The zero-order valence-electron chi connectivity index (χ0n) is 17.7. The number of carbonyl (C=O) groups excluding carboxylic acids is 2. The highest BCUT2D eigenvalue weighted by Crippen LogP contribution is 2.26. The molecule has 0 saturated heterocycles. The summed E-state index contributed by atoms with van der Waals surface area (Å²) in [5, 5.41) is 4.82. The van der Waals surface area contributed by atoms with Crippen LogP contribution in [0.4, 0.5) is 11.4 Å². The molecular formula is C25H22N2O4S. The van der Waals surface area contributed by atoms with Crippen LogP contribution in [0.5, 0.6) is 5.75 Å². The number of hydrogen-bond donors (Lipinski definition) is 1. The van der Waals surface area contributed by atoms with E-state index in [1.807, 2.05) is 54.8 Å². The lowest BCUT2D eigenvalue weighted by atomic mass is 10.1. The van der Waals surface area contributed by atoms with Crippen LogP contribution >= 0.6 is 11.3 Å². The van der Waals surface area contributed by atoms with E-state index in [9.17, 15) is 9.59 Å². The Balaban J connectivity index is 1.64. The summed E-state index contributed by atoms with van der Waals surface area (Å²) in [6.45, 7) is 2.31. The van der Waals surface area contributed by atoms with Crippen molar-refractivity contribution in [3.63, 3.8) is 0 Å². The smallest absolute Gasteiger partial charge is 0.291 e. The SMILES string of the molecule is COc1ccc(N(Cc2cccs2)C(=O)c2ccc(C)c(NC(=O)c3ccco3)c2)cc1. The normalized spacial score (nSPS) is 10.6.